The minimum atomic E-state index is -1.10. The molecule has 0 fully saturated rings. The van der Waals surface area contributed by atoms with Gasteiger partial charge < -0.3 is 15.6 Å². The molecule has 0 aliphatic rings. The van der Waals surface area contributed by atoms with Crippen molar-refractivity contribution in [2.75, 3.05) is 6.61 Å². The molecule has 0 rings (SSSR count). The van der Waals surface area contributed by atoms with Crippen LogP contribution in [0.4, 0.5) is 0 Å². The van der Waals surface area contributed by atoms with Crippen LogP contribution in [-0.2, 0) is 14.3 Å². The molecule has 0 spiro atoms. The van der Waals surface area contributed by atoms with E-state index in [1.54, 1.807) is 0 Å². The monoisotopic (exact) mass is 189 g/mol. The molecule has 0 aromatic heterocycles. The Morgan fingerprint density at radius 1 is 1.54 bits per heavy atom. The number of carbonyl (C=O) groups excluding carboxylic acids is 1. The average Bonchev–Trinajstić information content (AvgIpc) is 2.03. The van der Waals surface area contributed by atoms with Crippen LogP contribution in [0.2, 0.25) is 0 Å². The van der Waals surface area contributed by atoms with Gasteiger partial charge in [-0.05, 0) is 6.42 Å². The summed E-state index contributed by atoms with van der Waals surface area (Å²) in [7, 11) is 0. The topological polar surface area (TPSA) is 89.6 Å². The Bertz CT molecular complexity index is 181. The summed E-state index contributed by atoms with van der Waals surface area (Å²) in [5.74, 6) is -1.74. The number of hydrogen-bond donors (Lipinski definition) is 2. The van der Waals surface area contributed by atoms with Gasteiger partial charge in [0.1, 0.15) is 6.04 Å². The van der Waals surface area contributed by atoms with Gasteiger partial charge in [0.25, 0.3) is 0 Å². The number of carboxylic acid groups (broad SMARTS) is 1. The molecule has 0 saturated heterocycles. The Kier molecular flexibility index (Phi) is 5.88. The lowest BCUT2D eigenvalue weighted by Gasteiger charge is -2.08. The van der Waals surface area contributed by atoms with Gasteiger partial charge in [-0.15, -0.1) is 0 Å². The first-order valence-electron chi connectivity index (χ1n) is 4.22. The van der Waals surface area contributed by atoms with Crippen LogP contribution < -0.4 is 5.73 Å². The van der Waals surface area contributed by atoms with Gasteiger partial charge in [0.15, 0.2) is 0 Å². The first-order chi connectivity index (χ1) is 6.07. The maximum atomic E-state index is 10.9. The molecule has 3 N–H and O–H groups in total. The summed E-state index contributed by atoms with van der Waals surface area (Å²) in [6.45, 7) is 2.27. The lowest BCUT2D eigenvalue weighted by molar-refractivity contribution is -0.149. The minimum absolute atomic E-state index is 0.308. The SMILES string of the molecule is CCCCOC(=O)[C@@H](N)CC(=O)O. The molecule has 13 heavy (non-hydrogen) atoms. The number of carboxylic acids is 1. The van der Waals surface area contributed by atoms with Gasteiger partial charge in [0.2, 0.25) is 0 Å². The smallest absolute Gasteiger partial charge is 0.323 e. The van der Waals surface area contributed by atoms with Gasteiger partial charge in [-0.1, -0.05) is 13.3 Å². The summed E-state index contributed by atoms with van der Waals surface area (Å²) in [5.41, 5.74) is 5.25. The van der Waals surface area contributed by atoms with E-state index in [1.807, 2.05) is 6.92 Å². The van der Waals surface area contributed by atoms with Crippen LogP contribution >= 0.6 is 0 Å². The molecule has 0 heterocycles. The van der Waals surface area contributed by atoms with Gasteiger partial charge in [-0.3, -0.25) is 9.59 Å². The van der Waals surface area contributed by atoms with E-state index in [-0.39, 0.29) is 6.42 Å². The normalized spacial score (nSPS) is 12.2. The van der Waals surface area contributed by atoms with Crippen molar-refractivity contribution in [2.45, 2.75) is 32.2 Å². The first kappa shape index (κ1) is 11.9. The van der Waals surface area contributed by atoms with Crippen molar-refractivity contribution < 1.29 is 19.4 Å². The van der Waals surface area contributed by atoms with Crippen LogP contribution in [0.5, 0.6) is 0 Å². The molecule has 5 nitrogen and oxygen atoms in total. The molecule has 0 saturated carbocycles. The molecule has 5 heteroatoms. The third-order valence-corrected chi connectivity index (χ3v) is 1.44. The van der Waals surface area contributed by atoms with E-state index in [4.69, 9.17) is 15.6 Å². The van der Waals surface area contributed by atoms with Crippen molar-refractivity contribution in [2.24, 2.45) is 5.73 Å². The van der Waals surface area contributed by atoms with E-state index < -0.39 is 18.0 Å². The van der Waals surface area contributed by atoms with E-state index in [2.05, 4.69) is 0 Å². The van der Waals surface area contributed by atoms with Gasteiger partial charge in [-0.2, -0.15) is 0 Å². The van der Waals surface area contributed by atoms with Crippen LogP contribution in [0.1, 0.15) is 26.2 Å². The summed E-state index contributed by atoms with van der Waals surface area (Å²) in [6, 6.07) is -1.05. The van der Waals surface area contributed by atoms with Crippen LogP contribution in [0.15, 0.2) is 0 Å². The number of hydrogen-bond acceptors (Lipinski definition) is 4. The zero-order valence-electron chi connectivity index (χ0n) is 7.66. The molecule has 76 valence electrons. The van der Waals surface area contributed by atoms with E-state index in [9.17, 15) is 9.59 Å². The van der Waals surface area contributed by atoms with Crippen molar-refractivity contribution in [3.8, 4) is 0 Å². The summed E-state index contributed by atoms with van der Waals surface area (Å²) in [6.07, 6.45) is 1.30. The number of nitrogens with two attached hydrogens (primary N) is 1. The van der Waals surface area contributed by atoms with Crippen LogP contribution in [0.3, 0.4) is 0 Å². The predicted octanol–water partition coefficient (Wildman–Crippen LogP) is 0.132. The van der Waals surface area contributed by atoms with Crippen molar-refractivity contribution in [3.05, 3.63) is 0 Å². The molecule has 0 aliphatic heterocycles. The van der Waals surface area contributed by atoms with Crippen molar-refractivity contribution >= 4 is 11.9 Å². The fourth-order valence-corrected chi connectivity index (χ4v) is 0.696. The first-order valence-corrected chi connectivity index (χ1v) is 4.22. The highest BCUT2D eigenvalue weighted by Crippen LogP contribution is 1.94. The average molecular weight is 189 g/mol. The number of carbonyl (C=O) groups is 2. The Morgan fingerprint density at radius 2 is 2.15 bits per heavy atom. The molecule has 0 aromatic rings. The largest absolute Gasteiger partial charge is 0.481 e. The number of esters is 1. The molecule has 0 radical (unpaired) electrons. The maximum Gasteiger partial charge on any atom is 0.323 e. The Balaban J connectivity index is 3.63. The lowest BCUT2D eigenvalue weighted by atomic mass is 10.2. The minimum Gasteiger partial charge on any atom is -0.481 e. The van der Waals surface area contributed by atoms with Crippen LogP contribution in [0.25, 0.3) is 0 Å². The number of unbranched alkanes of at least 4 members (excludes halogenated alkanes) is 1. The number of ether oxygens (including phenoxy) is 1. The van der Waals surface area contributed by atoms with Crippen molar-refractivity contribution in [3.63, 3.8) is 0 Å². The molecule has 0 aliphatic carbocycles. The predicted molar refractivity (Wildman–Crippen MR) is 46.1 cm³/mol. The third kappa shape index (κ3) is 6.10. The van der Waals surface area contributed by atoms with Crippen molar-refractivity contribution in [1.29, 1.82) is 0 Å². The van der Waals surface area contributed by atoms with Crippen molar-refractivity contribution in [1.82, 2.24) is 0 Å². The van der Waals surface area contributed by atoms with Gasteiger partial charge >= 0.3 is 11.9 Å². The molecular weight excluding hydrogens is 174 g/mol. The summed E-state index contributed by atoms with van der Waals surface area (Å²) in [4.78, 5) is 21.1. The van der Waals surface area contributed by atoms with Crippen LogP contribution in [-0.4, -0.2) is 29.7 Å². The quantitative estimate of drug-likeness (QED) is 0.458. The Labute approximate surface area is 76.9 Å². The van der Waals surface area contributed by atoms with E-state index in [0.29, 0.717) is 6.61 Å². The molecule has 0 aromatic carbocycles. The molecule has 0 amide bonds. The summed E-state index contributed by atoms with van der Waals surface area (Å²) in [5, 5.41) is 8.32. The highest BCUT2D eigenvalue weighted by Gasteiger charge is 2.17. The highest BCUT2D eigenvalue weighted by molar-refractivity contribution is 5.81. The second kappa shape index (κ2) is 6.42. The van der Waals surface area contributed by atoms with E-state index in [0.717, 1.165) is 12.8 Å². The fraction of sp³-hybridized carbons (Fsp3) is 0.750. The molecule has 0 bridgehead atoms. The highest BCUT2D eigenvalue weighted by atomic mass is 16.5. The Morgan fingerprint density at radius 3 is 2.62 bits per heavy atom. The fourth-order valence-electron chi connectivity index (χ4n) is 0.696. The zero-order chi connectivity index (χ0) is 10.3. The maximum absolute atomic E-state index is 10.9. The zero-order valence-corrected chi connectivity index (χ0v) is 7.66. The lowest BCUT2D eigenvalue weighted by Crippen LogP contribution is -2.34. The molecular formula is C8H15NO4. The van der Waals surface area contributed by atoms with Gasteiger partial charge in [-0.25, -0.2) is 0 Å². The summed E-state index contributed by atoms with van der Waals surface area (Å²) < 4.78 is 4.72. The third-order valence-electron chi connectivity index (χ3n) is 1.44. The number of rotatable bonds is 6. The summed E-state index contributed by atoms with van der Waals surface area (Å²) >= 11 is 0. The second-order valence-corrected chi connectivity index (χ2v) is 2.73. The second-order valence-electron chi connectivity index (χ2n) is 2.73. The van der Waals surface area contributed by atoms with E-state index in [1.165, 1.54) is 0 Å². The standard InChI is InChI=1S/C8H15NO4/c1-2-3-4-13-8(12)6(9)5-7(10)11/h6H,2-5,9H2,1H3,(H,10,11)/t6-/m0/s1. The molecule has 1 atom stereocenters. The van der Waals surface area contributed by atoms with Gasteiger partial charge in [0.05, 0.1) is 13.0 Å². The van der Waals surface area contributed by atoms with Crippen LogP contribution in [0, 0.1) is 0 Å². The Hall–Kier alpha value is -1.10. The van der Waals surface area contributed by atoms with Gasteiger partial charge in [0, 0.05) is 0 Å². The number of aliphatic carboxylic acids is 1. The molecule has 0 unspecified atom stereocenters. The van der Waals surface area contributed by atoms with E-state index >= 15 is 0 Å².